The fourth-order valence-corrected chi connectivity index (χ4v) is 3.29. The van der Waals surface area contributed by atoms with Crippen LogP contribution in [-0.4, -0.2) is 55.6 Å². The highest BCUT2D eigenvalue weighted by Crippen LogP contribution is 2.37. The Balaban J connectivity index is 1.53. The average molecular weight is 300 g/mol. The Labute approximate surface area is 132 Å². The minimum absolute atomic E-state index is 0.122. The summed E-state index contributed by atoms with van der Waals surface area (Å²) in [6.07, 6.45) is 1.95. The van der Waals surface area contributed by atoms with E-state index in [1.165, 1.54) is 0 Å². The van der Waals surface area contributed by atoms with Crippen molar-refractivity contribution in [3.63, 3.8) is 0 Å². The fraction of sp³-hybridized carbons (Fsp3) is 0.500. The van der Waals surface area contributed by atoms with Gasteiger partial charge in [0.2, 0.25) is 0 Å². The molecule has 0 aliphatic carbocycles. The maximum atomic E-state index is 12.6. The van der Waals surface area contributed by atoms with Gasteiger partial charge in [-0.2, -0.15) is 0 Å². The van der Waals surface area contributed by atoms with Gasteiger partial charge >= 0.3 is 0 Å². The first-order valence-corrected chi connectivity index (χ1v) is 7.87. The maximum absolute atomic E-state index is 12.6. The van der Waals surface area contributed by atoms with Crippen molar-refractivity contribution >= 4 is 5.91 Å². The van der Waals surface area contributed by atoms with Crippen molar-refractivity contribution in [3.05, 3.63) is 47.5 Å². The molecule has 0 bridgehead atoms. The van der Waals surface area contributed by atoms with Crippen LogP contribution in [0.2, 0.25) is 0 Å². The van der Waals surface area contributed by atoms with Crippen LogP contribution in [0.5, 0.6) is 0 Å². The van der Waals surface area contributed by atoms with E-state index in [1.807, 2.05) is 38.2 Å². The molecule has 4 nitrogen and oxygen atoms in total. The SMILES string of the molecule is C/C=C(\CN1CC2(COC2)C1)C(=O)N(C)Cc1ccccc1. The number of benzene rings is 1. The molecule has 2 heterocycles. The number of hydrogen-bond acceptors (Lipinski definition) is 3. The molecule has 1 amide bonds. The Morgan fingerprint density at radius 1 is 1.32 bits per heavy atom. The van der Waals surface area contributed by atoms with Crippen molar-refractivity contribution in [1.29, 1.82) is 0 Å². The highest BCUT2D eigenvalue weighted by molar-refractivity contribution is 5.93. The normalized spacial score (nSPS) is 20.4. The lowest BCUT2D eigenvalue weighted by Crippen LogP contribution is -2.66. The third-order valence-corrected chi connectivity index (χ3v) is 4.56. The van der Waals surface area contributed by atoms with Crippen molar-refractivity contribution in [2.45, 2.75) is 13.5 Å². The number of ether oxygens (including phenoxy) is 1. The number of amides is 1. The number of allylic oxidation sites excluding steroid dienone is 1. The van der Waals surface area contributed by atoms with E-state index in [-0.39, 0.29) is 5.91 Å². The van der Waals surface area contributed by atoms with E-state index in [2.05, 4.69) is 17.0 Å². The molecular weight excluding hydrogens is 276 g/mol. The Morgan fingerprint density at radius 2 is 2.00 bits per heavy atom. The van der Waals surface area contributed by atoms with Crippen molar-refractivity contribution in [3.8, 4) is 0 Å². The first-order chi connectivity index (χ1) is 10.6. The van der Waals surface area contributed by atoms with Gasteiger partial charge in [-0.3, -0.25) is 9.69 Å². The molecule has 0 unspecified atom stereocenters. The summed E-state index contributed by atoms with van der Waals surface area (Å²) in [7, 11) is 1.87. The zero-order chi connectivity index (χ0) is 15.6. The molecule has 1 aromatic carbocycles. The molecule has 1 spiro atoms. The average Bonchev–Trinajstić information content (AvgIpc) is 2.45. The van der Waals surface area contributed by atoms with Gasteiger partial charge in [0.15, 0.2) is 0 Å². The van der Waals surface area contributed by atoms with Gasteiger partial charge in [0.05, 0.1) is 13.2 Å². The van der Waals surface area contributed by atoms with Crippen LogP contribution >= 0.6 is 0 Å². The molecule has 22 heavy (non-hydrogen) atoms. The molecule has 2 aliphatic rings. The van der Waals surface area contributed by atoms with Crippen LogP contribution in [0, 0.1) is 5.41 Å². The Bertz CT molecular complexity index is 556. The smallest absolute Gasteiger partial charge is 0.250 e. The number of likely N-dealkylation sites (tertiary alicyclic amines) is 1. The molecule has 0 radical (unpaired) electrons. The lowest BCUT2D eigenvalue weighted by molar-refractivity contribution is -0.187. The van der Waals surface area contributed by atoms with Gasteiger partial charge in [-0.15, -0.1) is 0 Å². The predicted molar refractivity (Wildman–Crippen MR) is 86.4 cm³/mol. The number of nitrogens with zero attached hydrogens (tertiary/aromatic N) is 2. The van der Waals surface area contributed by atoms with Gasteiger partial charge in [0.25, 0.3) is 5.91 Å². The third-order valence-electron chi connectivity index (χ3n) is 4.56. The first kappa shape index (κ1) is 15.3. The van der Waals surface area contributed by atoms with Gasteiger partial charge in [0.1, 0.15) is 0 Å². The van der Waals surface area contributed by atoms with Gasteiger partial charge in [0, 0.05) is 44.2 Å². The van der Waals surface area contributed by atoms with Crippen molar-refractivity contribution < 1.29 is 9.53 Å². The van der Waals surface area contributed by atoms with Crippen molar-refractivity contribution in [2.24, 2.45) is 5.41 Å². The van der Waals surface area contributed by atoms with E-state index in [1.54, 1.807) is 4.90 Å². The summed E-state index contributed by atoms with van der Waals surface area (Å²) in [5, 5.41) is 0. The molecule has 1 aromatic rings. The van der Waals surface area contributed by atoms with Crippen molar-refractivity contribution in [1.82, 2.24) is 9.80 Å². The molecule has 118 valence electrons. The molecule has 0 aromatic heterocycles. The topological polar surface area (TPSA) is 32.8 Å². The Morgan fingerprint density at radius 3 is 2.55 bits per heavy atom. The number of carbonyl (C=O) groups excluding carboxylic acids is 1. The molecular formula is C18H24N2O2. The van der Waals surface area contributed by atoms with E-state index in [0.29, 0.717) is 12.0 Å². The van der Waals surface area contributed by atoms with Gasteiger partial charge in [-0.1, -0.05) is 36.4 Å². The van der Waals surface area contributed by atoms with Crippen LogP contribution < -0.4 is 0 Å². The molecule has 0 saturated carbocycles. The zero-order valence-corrected chi connectivity index (χ0v) is 13.4. The summed E-state index contributed by atoms with van der Waals surface area (Å²) < 4.78 is 5.30. The largest absolute Gasteiger partial charge is 0.380 e. The second-order valence-electron chi connectivity index (χ2n) is 6.60. The molecule has 0 N–H and O–H groups in total. The van der Waals surface area contributed by atoms with E-state index >= 15 is 0 Å². The lowest BCUT2D eigenvalue weighted by Gasteiger charge is -2.55. The standard InChI is InChI=1S/C18H24N2O2/c1-3-16(10-20-11-18(12-20)13-22-14-18)17(21)19(2)9-15-7-5-4-6-8-15/h3-8H,9-14H2,1-2H3/b16-3+. The summed E-state index contributed by atoms with van der Waals surface area (Å²) >= 11 is 0. The lowest BCUT2D eigenvalue weighted by atomic mass is 9.78. The molecule has 2 aliphatic heterocycles. The van der Waals surface area contributed by atoms with Crippen LogP contribution in [0.15, 0.2) is 42.0 Å². The fourth-order valence-electron chi connectivity index (χ4n) is 3.29. The predicted octanol–water partition coefficient (Wildman–Crippen LogP) is 1.92. The molecule has 2 fully saturated rings. The number of rotatable bonds is 5. The van der Waals surface area contributed by atoms with Crippen LogP contribution in [0.3, 0.4) is 0 Å². The minimum atomic E-state index is 0.122. The number of hydrogen-bond donors (Lipinski definition) is 0. The highest BCUT2D eigenvalue weighted by Gasteiger charge is 2.48. The summed E-state index contributed by atoms with van der Waals surface area (Å²) in [5.74, 6) is 0.122. The second kappa shape index (κ2) is 6.23. The second-order valence-corrected chi connectivity index (χ2v) is 6.60. The summed E-state index contributed by atoms with van der Waals surface area (Å²) in [6, 6.07) is 10.1. The van der Waals surface area contributed by atoms with Crippen LogP contribution in [-0.2, 0) is 16.1 Å². The van der Waals surface area contributed by atoms with Crippen LogP contribution in [0.25, 0.3) is 0 Å². The van der Waals surface area contributed by atoms with Crippen LogP contribution in [0.1, 0.15) is 12.5 Å². The van der Waals surface area contributed by atoms with E-state index < -0.39 is 0 Å². The van der Waals surface area contributed by atoms with Crippen molar-refractivity contribution in [2.75, 3.05) is 39.9 Å². The van der Waals surface area contributed by atoms with E-state index in [4.69, 9.17) is 4.74 Å². The zero-order valence-electron chi connectivity index (χ0n) is 13.4. The number of likely N-dealkylation sites (N-methyl/N-ethyl adjacent to an activating group) is 1. The van der Waals surface area contributed by atoms with Gasteiger partial charge in [-0.25, -0.2) is 0 Å². The molecule has 3 rings (SSSR count). The number of carbonyl (C=O) groups is 1. The summed E-state index contributed by atoms with van der Waals surface area (Å²) in [4.78, 5) is 16.7. The Hall–Kier alpha value is -1.65. The Kier molecular flexibility index (Phi) is 4.32. The molecule has 2 saturated heterocycles. The minimum Gasteiger partial charge on any atom is -0.380 e. The van der Waals surface area contributed by atoms with E-state index in [0.717, 1.165) is 44.0 Å². The first-order valence-electron chi connectivity index (χ1n) is 7.87. The molecule has 0 atom stereocenters. The monoisotopic (exact) mass is 300 g/mol. The summed E-state index contributed by atoms with van der Waals surface area (Å²) in [5.41, 5.74) is 2.44. The molecule has 4 heteroatoms. The summed E-state index contributed by atoms with van der Waals surface area (Å²) in [6.45, 7) is 7.23. The third kappa shape index (κ3) is 3.08. The van der Waals surface area contributed by atoms with Crippen LogP contribution in [0.4, 0.5) is 0 Å². The highest BCUT2D eigenvalue weighted by atomic mass is 16.5. The van der Waals surface area contributed by atoms with Gasteiger partial charge in [-0.05, 0) is 12.5 Å². The van der Waals surface area contributed by atoms with Gasteiger partial charge < -0.3 is 9.64 Å². The maximum Gasteiger partial charge on any atom is 0.250 e. The van der Waals surface area contributed by atoms with E-state index in [9.17, 15) is 4.79 Å². The quantitative estimate of drug-likeness (QED) is 0.779.